The number of thioether (sulfide) groups is 1. The van der Waals surface area contributed by atoms with Crippen LogP contribution in [0.1, 0.15) is 18.1 Å². The van der Waals surface area contributed by atoms with Crippen molar-refractivity contribution in [2.75, 3.05) is 18.5 Å². The number of imide groups is 1. The lowest BCUT2D eigenvalue weighted by Gasteiger charge is -2.15. The number of halogens is 3. The first-order valence-corrected chi connectivity index (χ1v) is 13.4. The second-order valence-electron chi connectivity index (χ2n) is 7.97. The highest BCUT2D eigenvalue weighted by Gasteiger charge is 2.35. The standard InChI is InChI=1S/C27H21BrClFN2O5S/c1-2-36-22-12-17(11-19(28)25(22)37-15-24(33)31-21-6-4-3-5-20(21)29)13-23-26(34)32(27(35)38-23)14-16-7-9-18(30)10-8-16/h3-13H,2,14-15H2,1H3,(H,31,33)/b23-13-. The van der Waals surface area contributed by atoms with Gasteiger partial charge in [0, 0.05) is 0 Å². The number of hydrogen-bond donors (Lipinski definition) is 1. The van der Waals surface area contributed by atoms with Crippen LogP contribution in [-0.2, 0) is 16.1 Å². The molecule has 0 aromatic heterocycles. The lowest BCUT2D eigenvalue weighted by molar-refractivity contribution is -0.123. The number of nitrogens with zero attached hydrogens (tertiary/aromatic N) is 1. The fourth-order valence-electron chi connectivity index (χ4n) is 3.52. The molecule has 1 fully saturated rings. The van der Waals surface area contributed by atoms with Gasteiger partial charge in [-0.15, -0.1) is 0 Å². The molecule has 3 amide bonds. The number of ether oxygens (including phenoxy) is 2. The van der Waals surface area contributed by atoms with Crippen molar-refractivity contribution in [3.05, 3.63) is 92.0 Å². The summed E-state index contributed by atoms with van der Waals surface area (Å²) in [5.74, 6) is -0.597. The average Bonchev–Trinajstić information content (AvgIpc) is 3.13. The normalized spacial score (nSPS) is 14.2. The SMILES string of the molecule is CCOc1cc(/C=C2\SC(=O)N(Cc3ccc(F)cc3)C2=O)cc(Br)c1OCC(=O)Nc1ccccc1Cl. The molecule has 7 nitrogen and oxygen atoms in total. The third-order valence-corrected chi connectivity index (χ3v) is 7.08. The van der Waals surface area contributed by atoms with E-state index in [4.69, 9.17) is 21.1 Å². The summed E-state index contributed by atoms with van der Waals surface area (Å²) in [6.45, 7) is 1.87. The molecular weight excluding hydrogens is 599 g/mol. The quantitative estimate of drug-likeness (QED) is 0.263. The summed E-state index contributed by atoms with van der Waals surface area (Å²) in [5, 5.41) is 2.68. The van der Waals surface area contributed by atoms with Crippen LogP contribution in [0.4, 0.5) is 14.9 Å². The molecule has 1 aliphatic heterocycles. The van der Waals surface area contributed by atoms with Crippen LogP contribution >= 0.6 is 39.3 Å². The van der Waals surface area contributed by atoms with E-state index in [0.717, 1.165) is 16.7 Å². The van der Waals surface area contributed by atoms with Crippen LogP contribution in [0, 0.1) is 5.82 Å². The second kappa shape index (κ2) is 12.5. The average molecular weight is 620 g/mol. The van der Waals surface area contributed by atoms with Gasteiger partial charge in [0.15, 0.2) is 18.1 Å². The minimum atomic E-state index is -0.449. The number of nitrogens with one attached hydrogen (secondary N) is 1. The van der Waals surface area contributed by atoms with E-state index in [1.165, 1.54) is 24.3 Å². The van der Waals surface area contributed by atoms with Gasteiger partial charge in [-0.25, -0.2) is 4.39 Å². The van der Waals surface area contributed by atoms with Crippen molar-refractivity contribution >= 4 is 68.1 Å². The summed E-state index contributed by atoms with van der Waals surface area (Å²) < 4.78 is 25.1. The molecule has 1 N–H and O–H groups in total. The van der Waals surface area contributed by atoms with Crippen molar-refractivity contribution in [3.63, 3.8) is 0 Å². The van der Waals surface area contributed by atoms with Crippen molar-refractivity contribution in [1.82, 2.24) is 4.90 Å². The van der Waals surface area contributed by atoms with Gasteiger partial charge in [-0.05, 0) is 88.2 Å². The van der Waals surface area contributed by atoms with Gasteiger partial charge < -0.3 is 14.8 Å². The molecule has 0 unspecified atom stereocenters. The molecule has 3 aromatic rings. The Morgan fingerprint density at radius 2 is 1.87 bits per heavy atom. The molecule has 0 radical (unpaired) electrons. The molecule has 38 heavy (non-hydrogen) atoms. The molecular formula is C27H21BrClFN2O5S. The lowest BCUT2D eigenvalue weighted by Crippen LogP contribution is -2.27. The molecule has 1 heterocycles. The summed E-state index contributed by atoms with van der Waals surface area (Å²) in [4.78, 5) is 39.2. The summed E-state index contributed by atoms with van der Waals surface area (Å²) in [6, 6.07) is 15.8. The molecule has 1 aliphatic rings. The van der Waals surface area contributed by atoms with Crippen LogP contribution in [0.3, 0.4) is 0 Å². The molecule has 0 spiro atoms. The largest absolute Gasteiger partial charge is 0.490 e. The van der Waals surface area contributed by atoms with E-state index in [-0.39, 0.29) is 18.1 Å². The summed E-state index contributed by atoms with van der Waals surface area (Å²) in [6.07, 6.45) is 1.58. The van der Waals surface area contributed by atoms with Gasteiger partial charge in [0.1, 0.15) is 5.82 Å². The first-order valence-electron chi connectivity index (χ1n) is 11.4. The summed E-state index contributed by atoms with van der Waals surface area (Å²) >= 11 is 10.4. The Bertz CT molecular complexity index is 1420. The van der Waals surface area contributed by atoms with E-state index >= 15 is 0 Å². The Hall–Kier alpha value is -3.34. The van der Waals surface area contributed by atoms with Crippen molar-refractivity contribution in [2.45, 2.75) is 13.5 Å². The molecule has 11 heteroatoms. The van der Waals surface area contributed by atoms with E-state index < -0.39 is 22.9 Å². The third kappa shape index (κ3) is 6.75. The van der Waals surface area contributed by atoms with E-state index in [1.807, 2.05) is 0 Å². The number of anilines is 1. The highest BCUT2D eigenvalue weighted by atomic mass is 79.9. The number of amides is 3. The molecule has 3 aromatic carbocycles. The van der Waals surface area contributed by atoms with Crippen molar-refractivity contribution in [2.24, 2.45) is 0 Å². The number of benzene rings is 3. The molecule has 4 rings (SSSR count). The third-order valence-electron chi connectivity index (χ3n) is 5.25. The fourth-order valence-corrected chi connectivity index (χ4v) is 5.12. The first-order chi connectivity index (χ1) is 18.2. The molecule has 0 saturated carbocycles. The minimum Gasteiger partial charge on any atom is -0.490 e. The fraction of sp³-hybridized carbons (Fsp3) is 0.148. The Kier molecular flexibility index (Phi) is 9.09. The zero-order chi connectivity index (χ0) is 27.2. The molecule has 196 valence electrons. The van der Waals surface area contributed by atoms with Crippen molar-refractivity contribution in [1.29, 1.82) is 0 Å². The van der Waals surface area contributed by atoms with E-state index in [2.05, 4.69) is 21.2 Å². The topological polar surface area (TPSA) is 84.9 Å². The van der Waals surface area contributed by atoms with Crippen molar-refractivity contribution in [3.8, 4) is 11.5 Å². The Morgan fingerprint density at radius 3 is 2.58 bits per heavy atom. The number of rotatable bonds is 9. The zero-order valence-corrected chi connectivity index (χ0v) is 23.2. The van der Waals surface area contributed by atoms with Crippen LogP contribution in [0.15, 0.2) is 70.0 Å². The second-order valence-corrected chi connectivity index (χ2v) is 10.2. The minimum absolute atomic E-state index is 0.0409. The predicted molar refractivity (Wildman–Crippen MR) is 149 cm³/mol. The van der Waals surface area contributed by atoms with Gasteiger partial charge in [0.2, 0.25) is 0 Å². The van der Waals surface area contributed by atoms with Crippen LogP contribution < -0.4 is 14.8 Å². The lowest BCUT2D eigenvalue weighted by atomic mass is 10.1. The van der Waals surface area contributed by atoms with E-state index in [0.29, 0.717) is 44.4 Å². The first kappa shape index (κ1) is 27.7. The van der Waals surface area contributed by atoms with Gasteiger partial charge in [-0.3, -0.25) is 19.3 Å². The maximum Gasteiger partial charge on any atom is 0.293 e. The molecule has 1 saturated heterocycles. The molecule has 0 bridgehead atoms. The number of carbonyl (C=O) groups is 3. The number of carbonyl (C=O) groups excluding carboxylic acids is 3. The highest BCUT2D eigenvalue weighted by Crippen LogP contribution is 2.39. The molecule has 0 atom stereocenters. The Morgan fingerprint density at radius 1 is 1.13 bits per heavy atom. The zero-order valence-electron chi connectivity index (χ0n) is 20.0. The van der Waals surface area contributed by atoms with Crippen LogP contribution in [0.2, 0.25) is 5.02 Å². The van der Waals surface area contributed by atoms with Crippen molar-refractivity contribution < 1.29 is 28.2 Å². The summed E-state index contributed by atoms with van der Waals surface area (Å²) in [7, 11) is 0. The Balaban J connectivity index is 1.49. The maximum atomic E-state index is 13.2. The van der Waals surface area contributed by atoms with Gasteiger partial charge in [-0.2, -0.15) is 0 Å². The van der Waals surface area contributed by atoms with Gasteiger partial charge >= 0.3 is 0 Å². The van der Waals surface area contributed by atoms with E-state index in [1.54, 1.807) is 49.4 Å². The smallest absolute Gasteiger partial charge is 0.293 e. The van der Waals surface area contributed by atoms with Crippen LogP contribution in [-0.4, -0.2) is 35.2 Å². The van der Waals surface area contributed by atoms with E-state index in [9.17, 15) is 18.8 Å². The highest BCUT2D eigenvalue weighted by molar-refractivity contribution is 9.10. The van der Waals surface area contributed by atoms with Gasteiger partial charge in [-0.1, -0.05) is 35.9 Å². The number of hydrogen-bond acceptors (Lipinski definition) is 6. The maximum absolute atomic E-state index is 13.2. The monoisotopic (exact) mass is 618 g/mol. The van der Waals surface area contributed by atoms with Gasteiger partial charge in [0.05, 0.1) is 33.2 Å². The molecule has 0 aliphatic carbocycles. The van der Waals surface area contributed by atoms with Gasteiger partial charge in [0.25, 0.3) is 17.1 Å². The van der Waals surface area contributed by atoms with Crippen LogP contribution in [0.5, 0.6) is 11.5 Å². The summed E-state index contributed by atoms with van der Waals surface area (Å²) in [5.41, 5.74) is 1.69. The number of para-hydroxylation sites is 1. The van der Waals surface area contributed by atoms with Crippen LogP contribution in [0.25, 0.3) is 6.08 Å². The predicted octanol–water partition coefficient (Wildman–Crippen LogP) is 6.89. The Labute approximate surface area is 236 Å².